The van der Waals surface area contributed by atoms with E-state index in [0.29, 0.717) is 5.69 Å². The van der Waals surface area contributed by atoms with Gasteiger partial charge in [-0.2, -0.15) is 0 Å². The number of hydrogen-bond acceptors (Lipinski definition) is 6. The molecule has 1 N–H and O–H groups in total. The third kappa shape index (κ3) is 3.42. The SMILES string of the molecule is COC(=O)c1cccc(C(=O)Nc2ccc([N+](=O)[O-])cc2)n1. The van der Waals surface area contributed by atoms with Gasteiger partial charge in [0.15, 0.2) is 0 Å². The van der Waals surface area contributed by atoms with Crippen molar-refractivity contribution in [3.05, 3.63) is 64.0 Å². The second-order valence-electron chi connectivity index (χ2n) is 4.16. The van der Waals surface area contributed by atoms with Gasteiger partial charge in [0.05, 0.1) is 12.0 Å². The Morgan fingerprint density at radius 1 is 1.14 bits per heavy atom. The topological polar surface area (TPSA) is 111 Å². The van der Waals surface area contributed by atoms with E-state index in [2.05, 4.69) is 15.0 Å². The van der Waals surface area contributed by atoms with Gasteiger partial charge in [0, 0.05) is 17.8 Å². The third-order valence-electron chi connectivity index (χ3n) is 2.71. The van der Waals surface area contributed by atoms with Gasteiger partial charge in [-0.25, -0.2) is 9.78 Å². The van der Waals surface area contributed by atoms with Crippen LogP contribution in [0.3, 0.4) is 0 Å². The van der Waals surface area contributed by atoms with E-state index in [1.807, 2.05) is 0 Å². The van der Waals surface area contributed by atoms with Crippen molar-refractivity contribution in [2.24, 2.45) is 0 Å². The summed E-state index contributed by atoms with van der Waals surface area (Å²) < 4.78 is 4.53. The van der Waals surface area contributed by atoms with Crippen molar-refractivity contribution in [1.29, 1.82) is 0 Å². The van der Waals surface area contributed by atoms with Gasteiger partial charge in [-0.05, 0) is 24.3 Å². The number of amides is 1. The van der Waals surface area contributed by atoms with Crippen LogP contribution in [0, 0.1) is 10.1 Å². The molecule has 1 aromatic heterocycles. The number of methoxy groups -OCH3 is 1. The van der Waals surface area contributed by atoms with Gasteiger partial charge in [-0.1, -0.05) is 6.07 Å². The van der Waals surface area contributed by atoms with Gasteiger partial charge < -0.3 is 10.1 Å². The number of non-ortho nitro benzene ring substituents is 1. The molecular formula is C14H11N3O5. The van der Waals surface area contributed by atoms with Crippen LogP contribution in [-0.2, 0) is 4.74 Å². The Hall–Kier alpha value is -3.29. The molecule has 0 aliphatic heterocycles. The molecule has 0 aliphatic carbocycles. The van der Waals surface area contributed by atoms with Crippen molar-refractivity contribution >= 4 is 23.3 Å². The molecule has 112 valence electrons. The Kier molecular flexibility index (Phi) is 4.42. The second kappa shape index (κ2) is 6.44. The first-order valence-corrected chi connectivity index (χ1v) is 6.12. The molecule has 0 spiro atoms. The molecule has 0 radical (unpaired) electrons. The minimum atomic E-state index is -0.648. The number of nitro benzene ring substituents is 1. The molecule has 8 nitrogen and oxygen atoms in total. The minimum Gasteiger partial charge on any atom is -0.464 e. The molecule has 0 saturated carbocycles. The lowest BCUT2D eigenvalue weighted by Gasteiger charge is -2.05. The highest BCUT2D eigenvalue weighted by molar-refractivity contribution is 6.03. The van der Waals surface area contributed by atoms with E-state index in [-0.39, 0.29) is 17.1 Å². The molecule has 0 bridgehead atoms. The number of nitrogens with zero attached hydrogens (tertiary/aromatic N) is 2. The quantitative estimate of drug-likeness (QED) is 0.525. The van der Waals surface area contributed by atoms with Gasteiger partial charge in [-0.3, -0.25) is 14.9 Å². The van der Waals surface area contributed by atoms with E-state index in [1.165, 1.54) is 49.6 Å². The number of carbonyl (C=O) groups is 2. The highest BCUT2D eigenvalue weighted by Gasteiger charge is 2.13. The highest BCUT2D eigenvalue weighted by Crippen LogP contribution is 2.16. The number of rotatable bonds is 4. The smallest absolute Gasteiger partial charge is 0.356 e. The summed E-state index contributed by atoms with van der Waals surface area (Å²) in [6.45, 7) is 0. The van der Waals surface area contributed by atoms with Crippen LogP contribution in [0.4, 0.5) is 11.4 Å². The molecule has 1 aromatic carbocycles. The van der Waals surface area contributed by atoms with Crippen molar-refractivity contribution in [2.75, 3.05) is 12.4 Å². The monoisotopic (exact) mass is 301 g/mol. The first kappa shape index (κ1) is 15.1. The molecule has 1 amide bonds. The molecule has 0 unspecified atom stereocenters. The Morgan fingerprint density at radius 2 is 1.77 bits per heavy atom. The number of anilines is 1. The number of esters is 1. The number of nitro groups is 1. The van der Waals surface area contributed by atoms with Gasteiger partial charge >= 0.3 is 5.97 Å². The first-order chi connectivity index (χ1) is 10.5. The molecule has 0 atom stereocenters. The maximum atomic E-state index is 12.0. The van der Waals surface area contributed by atoms with Crippen LogP contribution in [0.15, 0.2) is 42.5 Å². The third-order valence-corrected chi connectivity index (χ3v) is 2.71. The van der Waals surface area contributed by atoms with Crippen LogP contribution in [0.25, 0.3) is 0 Å². The molecule has 0 fully saturated rings. The van der Waals surface area contributed by atoms with Crippen LogP contribution in [0.1, 0.15) is 21.0 Å². The molecule has 2 rings (SSSR count). The van der Waals surface area contributed by atoms with Gasteiger partial charge in [-0.15, -0.1) is 0 Å². The molecule has 22 heavy (non-hydrogen) atoms. The van der Waals surface area contributed by atoms with Crippen molar-refractivity contribution in [2.45, 2.75) is 0 Å². The predicted molar refractivity (Wildman–Crippen MR) is 76.6 cm³/mol. The molecule has 8 heteroatoms. The lowest BCUT2D eigenvalue weighted by Crippen LogP contribution is -2.15. The zero-order valence-electron chi connectivity index (χ0n) is 11.5. The van der Waals surface area contributed by atoms with E-state index in [0.717, 1.165) is 0 Å². The Balaban J connectivity index is 2.15. The molecule has 2 aromatic rings. The van der Waals surface area contributed by atoms with E-state index in [9.17, 15) is 19.7 Å². The van der Waals surface area contributed by atoms with Crippen LogP contribution >= 0.6 is 0 Å². The molecule has 0 aliphatic rings. The Labute approximate surface area is 124 Å². The minimum absolute atomic E-state index is 0.0128. The van der Waals surface area contributed by atoms with Crippen LogP contribution in [-0.4, -0.2) is 28.9 Å². The average molecular weight is 301 g/mol. The number of ether oxygens (including phenoxy) is 1. The summed E-state index contributed by atoms with van der Waals surface area (Å²) in [7, 11) is 1.22. The molecule has 1 heterocycles. The van der Waals surface area contributed by atoms with Gasteiger partial charge in [0.2, 0.25) is 0 Å². The van der Waals surface area contributed by atoms with Crippen molar-refractivity contribution < 1.29 is 19.2 Å². The summed E-state index contributed by atoms with van der Waals surface area (Å²) >= 11 is 0. The largest absolute Gasteiger partial charge is 0.464 e. The van der Waals surface area contributed by atoms with Crippen LogP contribution in [0.5, 0.6) is 0 Å². The summed E-state index contributed by atoms with van der Waals surface area (Å²) in [5, 5.41) is 13.1. The summed E-state index contributed by atoms with van der Waals surface area (Å²) in [5.74, 6) is -1.19. The van der Waals surface area contributed by atoms with Crippen molar-refractivity contribution in [3.63, 3.8) is 0 Å². The summed E-state index contributed by atoms with van der Waals surface area (Å²) in [4.78, 5) is 37.3. The zero-order valence-corrected chi connectivity index (χ0v) is 11.5. The van der Waals surface area contributed by atoms with E-state index >= 15 is 0 Å². The Bertz CT molecular complexity index is 728. The number of nitrogens with one attached hydrogen (secondary N) is 1. The number of carbonyl (C=O) groups excluding carboxylic acids is 2. The fraction of sp³-hybridized carbons (Fsp3) is 0.0714. The lowest BCUT2D eigenvalue weighted by atomic mass is 10.2. The number of aromatic nitrogens is 1. The van der Waals surface area contributed by atoms with Crippen LogP contribution in [0.2, 0.25) is 0 Å². The fourth-order valence-corrected chi connectivity index (χ4v) is 1.64. The Morgan fingerprint density at radius 3 is 2.36 bits per heavy atom. The summed E-state index contributed by atoms with van der Waals surface area (Å²) in [6.07, 6.45) is 0. The van der Waals surface area contributed by atoms with Crippen LogP contribution < -0.4 is 5.32 Å². The molecular weight excluding hydrogens is 290 g/mol. The van der Waals surface area contributed by atoms with Crippen molar-refractivity contribution in [1.82, 2.24) is 4.98 Å². The van der Waals surface area contributed by atoms with E-state index in [1.54, 1.807) is 0 Å². The maximum Gasteiger partial charge on any atom is 0.356 e. The first-order valence-electron chi connectivity index (χ1n) is 6.12. The number of benzene rings is 1. The van der Waals surface area contributed by atoms with Crippen molar-refractivity contribution in [3.8, 4) is 0 Å². The van der Waals surface area contributed by atoms with E-state index < -0.39 is 16.8 Å². The number of pyridine rings is 1. The highest BCUT2D eigenvalue weighted by atomic mass is 16.6. The lowest BCUT2D eigenvalue weighted by molar-refractivity contribution is -0.384. The maximum absolute atomic E-state index is 12.0. The van der Waals surface area contributed by atoms with Gasteiger partial charge in [0.1, 0.15) is 11.4 Å². The van der Waals surface area contributed by atoms with E-state index in [4.69, 9.17) is 0 Å². The van der Waals surface area contributed by atoms with Gasteiger partial charge in [0.25, 0.3) is 11.6 Å². The number of hydrogen-bond donors (Lipinski definition) is 1. The summed E-state index contributed by atoms with van der Waals surface area (Å²) in [5.41, 5.74) is 0.338. The summed E-state index contributed by atoms with van der Waals surface area (Å²) in [6, 6.07) is 9.72. The fourth-order valence-electron chi connectivity index (χ4n) is 1.64. The zero-order chi connectivity index (χ0) is 16.1. The molecule has 0 saturated heterocycles. The normalized spacial score (nSPS) is 9.86. The standard InChI is InChI=1S/C14H11N3O5/c1-22-14(19)12-4-2-3-11(16-12)13(18)15-9-5-7-10(8-6-9)17(20)21/h2-8H,1H3,(H,15,18). The predicted octanol–water partition coefficient (Wildman–Crippen LogP) is 2.03. The average Bonchev–Trinajstić information content (AvgIpc) is 2.54. The second-order valence-corrected chi connectivity index (χ2v) is 4.16.